The molecule has 2 N–H and O–H groups in total. The molecule has 5 nitrogen and oxygen atoms in total. The summed E-state index contributed by atoms with van der Waals surface area (Å²) in [6, 6.07) is 15.7. The highest BCUT2D eigenvalue weighted by Gasteiger charge is 2.08. The second kappa shape index (κ2) is 8.08. The van der Waals surface area contributed by atoms with Gasteiger partial charge < -0.3 is 15.4 Å². The third kappa shape index (κ3) is 4.45. The first-order valence-corrected chi connectivity index (χ1v) is 8.44. The Hall–Kier alpha value is -2.76. The molecule has 3 aromatic rings. The van der Waals surface area contributed by atoms with E-state index in [1.54, 1.807) is 67.9 Å². The fraction of sp³-hybridized carbons (Fsp3) is 0.0526. The first-order chi connectivity index (χ1) is 12.5. The predicted molar refractivity (Wildman–Crippen MR) is 105 cm³/mol. The number of rotatable bonds is 5. The maximum Gasteiger partial charge on any atom is 0.274 e. The lowest BCUT2D eigenvalue weighted by Crippen LogP contribution is -2.13. The Morgan fingerprint density at radius 2 is 1.77 bits per heavy atom. The quantitative estimate of drug-likeness (QED) is 0.615. The number of hydrogen-bond acceptors (Lipinski definition) is 4. The third-order valence-electron chi connectivity index (χ3n) is 3.53. The maximum absolute atomic E-state index is 12.3. The molecular formula is C19H15Cl2N3O2. The van der Waals surface area contributed by atoms with Crippen molar-refractivity contribution in [3.8, 4) is 5.75 Å². The van der Waals surface area contributed by atoms with Crippen molar-refractivity contribution in [2.24, 2.45) is 0 Å². The highest BCUT2D eigenvalue weighted by Crippen LogP contribution is 2.26. The first kappa shape index (κ1) is 18.0. The summed E-state index contributed by atoms with van der Waals surface area (Å²) in [6.45, 7) is 0. The van der Waals surface area contributed by atoms with Crippen LogP contribution in [0.25, 0.3) is 0 Å². The second-order valence-electron chi connectivity index (χ2n) is 5.37. The Bertz CT molecular complexity index is 930. The Kier molecular flexibility index (Phi) is 5.61. The molecule has 0 spiro atoms. The smallest absolute Gasteiger partial charge is 0.274 e. The summed E-state index contributed by atoms with van der Waals surface area (Å²) in [5.74, 6) is 0.358. The van der Waals surface area contributed by atoms with E-state index in [9.17, 15) is 4.79 Å². The van der Waals surface area contributed by atoms with Gasteiger partial charge in [-0.2, -0.15) is 0 Å². The van der Waals surface area contributed by atoms with Crippen molar-refractivity contribution in [1.29, 1.82) is 0 Å². The summed E-state index contributed by atoms with van der Waals surface area (Å²) in [4.78, 5) is 16.5. The van der Waals surface area contributed by atoms with E-state index in [4.69, 9.17) is 27.9 Å². The molecule has 26 heavy (non-hydrogen) atoms. The van der Waals surface area contributed by atoms with Crippen LogP contribution >= 0.6 is 23.2 Å². The highest BCUT2D eigenvalue weighted by molar-refractivity contribution is 6.42. The Morgan fingerprint density at radius 1 is 0.962 bits per heavy atom. The van der Waals surface area contributed by atoms with Gasteiger partial charge in [0.1, 0.15) is 11.4 Å². The van der Waals surface area contributed by atoms with Crippen LogP contribution in [0.5, 0.6) is 5.75 Å². The minimum absolute atomic E-state index is 0.299. The van der Waals surface area contributed by atoms with Crippen molar-refractivity contribution in [2.45, 2.75) is 0 Å². The molecule has 1 heterocycles. The minimum Gasteiger partial charge on any atom is -0.497 e. The Morgan fingerprint density at radius 3 is 2.46 bits per heavy atom. The number of carbonyl (C=O) groups excluding carboxylic acids is 1. The summed E-state index contributed by atoms with van der Waals surface area (Å²) >= 11 is 11.9. The van der Waals surface area contributed by atoms with Crippen molar-refractivity contribution >= 4 is 46.2 Å². The van der Waals surface area contributed by atoms with Crippen molar-refractivity contribution in [3.05, 3.63) is 76.5 Å². The number of nitrogens with zero attached hydrogens (tertiary/aromatic N) is 1. The van der Waals surface area contributed by atoms with E-state index in [2.05, 4.69) is 15.6 Å². The third-order valence-corrected chi connectivity index (χ3v) is 4.27. The zero-order chi connectivity index (χ0) is 18.5. The molecule has 1 aromatic heterocycles. The number of amides is 1. The SMILES string of the molecule is COc1cccc(NC(=O)c2ccc(Nc3ccc(Cl)c(Cl)c3)cn2)c1. The number of benzene rings is 2. The van der Waals surface area contributed by atoms with Gasteiger partial charge in [0.25, 0.3) is 5.91 Å². The van der Waals surface area contributed by atoms with E-state index >= 15 is 0 Å². The van der Waals surface area contributed by atoms with Crippen LogP contribution in [0, 0.1) is 0 Å². The largest absolute Gasteiger partial charge is 0.497 e. The van der Waals surface area contributed by atoms with E-state index in [-0.39, 0.29) is 5.91 Å². The van der Waals surface area contributed by atoms with E-state index < -0.39 is 0 Å². The predicted octanol–water partition coefficient (Wildman–Crippen LogP) is 5.39. The van der Waals surface area contributed by atoms with Gasteiger partial charge in [0.15, 0.2) is 0 Å². The minimum atomic E-state index is -0.306. The number of nitrogens with one attached hydrogen (secondary N) is 2. The molecule has 0 saturated heterocycles. The molecule has 0 unspecified atom stereocenters. The molecule has 7 heteroatoms. The topological polar surface area (TPSA) is 63.2 Å². The van der Waals surface area contributed by atoms with Crippen LogP contribution < -0.4 is 15.4 Å². The van der Waals surface area contributed by atoms with Gasteiger partial charge in [0.2, 0.25) is 0 Å². The van der Waals surface area contributed by atoms with Gasteiger partial charge in [0.05, 0.1) is 29.0 Å². The zero-order valence-electron chi connectivity index (χ0n) is 13.8. The van der Waals surface area contributed by atoms with Gasteiger partial charge in [-0.05, 0) is 42.5 Å². The lowest BCUT2D eigenvalue weighted by molar-refractivity contribution is 0.102. The molecular weight excluding hydrogens is 373 g/mol. The molecule has 0 aliphatic heterocycles. The van der Waals surface area contributed by atoms with Gasteiger partial charge in [-0.25, -0.2) is 4.98 Å². The number of anilines is 3. The van der Waals surface area contributed by atoms with Crippen LogP contribution in [0.4, 0.5) is 17.1 Å². The van der Waals surface area contributed by atoms with Crippen molar-refractivity contribution in [2.75, 3.05) is 17.7 Å². The lowest BCUT2D eigenvalue weighted by Gasteiger charge is -2.09. The van der Waals surface area contributed by atoms with Crippen LogP contribution in [0.1, 0.15) is 10.5 Å². The number of carbonyl (C=O) groups is 1. The number of aromatic nitrogens is 1. The number of hydrogen-bond donors (Lipinski definition) is 2. The fourth-order valence-electron chi connectivity index (χ4n) is 2.24. The van der Waals surface area contributed by atoms with Gasteiger partial charge in [-0.1, -0.05) is 29.3 Å². The van der Waals surface area contributed by atoms with Crippen LogP contribution in [-0.2, 0) is 0 Å². The molecule has 1 amide bonds. The molecule has 0 atom stereocenters. The molecule has 0 aliphatic carbocycles. The molecule has 0 fully saturated rings. The van der Waals surface area contributed by atoms with Gasteiger partial charge in [-0.15, -0.1) is 0 Å². The summed E-state index contributed by atoms with van der Waals surface area (Å²) in [6.07, 6.45) is 1.57. The summed E-state index contributed by atoms with van der Waals surface area (Å²) < 4.78 is 5.14. The van der Waals surface area contributed by atoms with E-state index in [1.165, 1.54) is 0 Å². The normalized spacial score (nSPS) is 10.3. The van der Waals surface area contributed by atoms with Crippen LogP contribution in [0.2, 0.25) is 10.0 Å². The highest BCUT2D eigenvalue weighted by atomic mass is 35.5. The average molecular weight is 388 g/mol. The monoisotopic (exact) mass is 387 g/mol. The van der Waals surface area contributed by atoms with Gasteiger partial charge >= 0.3 is 0 Å². The van der Waals surface area contributed by atoms with Gasteiger partial charge in [0, 0.05) is 17.4 Å². The molecule has 3 rings (SSSR count). The standard InChI is InChI=1S/C19H15Cl2N3O2/c1-26-15-4-2-3-12(9-15)24-19(25)18-8-6-14(11-22-18)23-13-5-7-16(20)17(21)10-13/h2-11,23H,1H3,(H,24,25). The summed E-state index contributed by atoms with van der Waals surface area (Å²) in [5.41, 5.74) is 2.43. The maximum atomic E-state index is 12.3. The van der Waals surface area contributed by atoms with Crippen molar-refractivity contribution in [3.63, 3.8) is 0 Å². The van der Waals surface area contributed by atoms with Crippen LogP contribution in [0.3, 0.4) is 0 Å². The van der Waals surface area contributed by atoms with E-state index in [1.807, 2.05) is 0 Å². The number of ether oxygens (including phenoxy) is 1. The molecule has 132 valence electrons. The molecule has 0 saturated carbocycles. The molecule has 2 aromatic carbocycles. The second-order valence-corrected chi connectivity index (χ2v) is 6.19. The van der Waals surface area contributed by atoms with Crippen LogP contribution in [0.15, 0.2) is 60.8 Å². The zero-order valence-corrected chi connectivity index (χ0v) is 15.3. The van der Waals surface area contributed by atoms with E-state index in [0.29, 0.717) is 27.2 Å². The number of halogens is 2. The van der Waals surface area contributed by atoms with Crippen LogP contribution in [-0.4, -0.2) is 18.0 Å². The number of methoxy groups -OCH3 is 1. The summed E-state index contributed by atoms with van der Waals surface area (Å²) in [5, 5.41) is 6.87. The van der Waals surface area contributed by atoms with Gasteiger partial charge in [-0.3, -0.25) is 4.79 Å². The first-order valence-electron chi connectivity index (χ1n) is 7.69. The van der Waals surface area contributed by atoms with Crippen molar-refractivity contribution in [1.82, 2.24) is 4.98 Å². The van der Waals surface area contributed by atoms with E-state index in [0.717, 1.165) is 11.4 Å². The Balaban J connectivity index is 1.68. The summed E-state index contributed by atoms with van der Waals surface area (Å²) in [7, 11) is 1.57. The Labute approximate surface area is 160 Å². The number of pyridine rings is 1. The lowest BCUT2D eigenvalue weighted by atomic mass is 10.2. The molecule has 0 radical (unpaired) electrons. The van der Waals surface area contributed by atoms with Crippen molar-refractivity contribution < 1.29 is 9.53 Å². The molecule has 0 aliphatic rings. The fourth-order valence-corrected chi connectivity index (χ4v) is 2.54. The average Bonchev–Trinajstić information content (AvgIpc) is 2.65. The molecule has 0 bridgehead atoms.